The Balaban J connectivity index is 2.27. The Morgan fingerprint density at radius 2 is 2.07 bits per heavy atom. The van der Waals surface area contributed by atoms with Crippen molar-refractivity contribution >= 4 is 5.57 Å². The fraction of sp³-hybridized carbons (Fsp3) is 0.231. The van der Waals surface area contributed by atoms with Gasteiger partial charge in [-0.05, 0) is 29.8 Å². The minimum atomic E-state index is -0.885. The third kappa shape index (κ3) is 1.57. The lowest BCUT2D eigenvalue weighted by Crippen LogP contribution is -2.10. The molecular weight excluding hydrogens is 186 g/mol. The van der Waals surface area contributed by atoms with Gasteiger partial charge in [0.05, 0.1) is 0 Å². The number of aliphatic hydroxyl groups is 1. The molecule has 78 valence electrons. The van der Waals surface area contributed by atoms with E-state index in [1.54, 1.807) is 0 Å². The zero-order valence-electron chi connectivity index (χ0n) is 8.83. The Labute approximate surface area is 89.7 Å². The second-order valence-electron chi connectivity index (χ2n) is 4.07. The van der Waals surface area contributed by atoms with Crippen molar-refractivity contribution in [1.29, 1.82) is 0 Å². The van der Waals surface area contributed by atoms with Gasteiger partial charge in [0.15, 0.2) is 0 Å². The van der Waals surface area contributed by atoms with Gasteiger partial charge in [-0.1, -0.05) is 36.4 Å². The predicted octanol–water partition coefficient (Wildman–Crippen LogP) is 1.99. The quantitative estimate of drug-likeness (QED) is 0.768. The van der Waals surface area contributed by atoms with Crippen LogP contribution in [0.2, 0.25) is 0 Å². The predicted molar refractivity (Wildman–Crippen MR) is 62.1 cm³/mol. The summed E-state index contributed by atoms with van der Waals surface area (Å²) in [6, 6.07) is 7.97. The zero-order valence-corrected chi connectivity index (χ0v) is 8.83. The molecule has 1 atom stereocenters. The van der Waals surface area contributed by atoms with Gasteiger partial charge in [-0.3, -0.25) is 0 Å². The van der Waals surface area contributed by atoms with Crippen molar-refractivity contribution < 1.29 is 5.11 Å². The van der Waals surface area contributed by atoms with Gasteiger partial charge in [-0.15, -0.1) is 0 Å². The molecule has 15 heavy (non-hydrogen) atoms. The summed E-state index contributed by atoms with van der Waals surface area (Å²) >= 11 is 0. The molecule has 1 fully saturated rings. The second kappa shape index (κ2) is 3.24. The van der Waals surface area contributed by atoms with Gasteiger partial charge in [-0.25, -0.2) is 0 Å². The smallest absolute Gasteiger partial charge is 0.116 e. The maximum absolute atomic E-state index is 10.1. The van der Waals surface area contributed by atoms with Crippen molar-refractivity contribution in [3.8, 4) is 0 Å². The van der Waals surface area contributed by atoms with Gasteiger partial charge in [0.25, 0.3) is 0 Å². The standard InChI is InChI=1S/C13H15NO/c1-9-3-5-11(6-4-9)10(2)13(15)7-12(13)8-14/h3-6,8,15H,2,7,14H2,1H3/b12-8-. The first-order valence-electron chi connectivity index (χ1n) is 4.98. The highest BCUT2D eigenvalue weighted by Gasteiger charge is 2.49. The molecule has 0 aliphatic heterocycles. The van der Waals surface area contributed by atoms with Gasteiger partial charge < -0.3 is 10.8 Å². The molecule has 0 spiro atoms. The number of rotatable bonds is 2. The van der Waals surface area contributed by atoms with Crippen molar-refractivity contribution in [2.45, 2.75) is 18.9 Å². The van der Waals surface area contributed by atoms with E-state index in [1.165, 1.54) is 11.8 Å². The highest BCUT2D eigenvalue weighted by atomic mass is 16.3. The average Bonchev–Trinajstić information content (AvgIpc) is 2.91. The lowest BCUT2D eigenvalue weighted by atomic mass is 9.99. The molecule has 0 bridgehead atoms. The van der Waals surface area contributed by atoms with Gasteiger partial charge in [0, 0.05) is 6.42 Å². The first kappa shape index (κ1) is 9.99. The van der Waals surface area contributed by atoms with Crippen LogP contribution in [0.5, 0.6) is 0 Å². The number of aryl methyl sites for hydroxylation is 1. The summed E-state index contributed by atoms with van der Waals surface area (Å²) in [5, 5.41) is 10.1. The fourth-order valence-corrected chi connectivity index (χ4v) is 1.72. The first-order valence-corrected chi connectivity index (χ1v) is 4.98. The first-order chi connectivity index (χ1) is 7.08. The molecule has 1 saturated carbocycles. The van der Waals surface area contributed by atoms with Crippen LogP contribution in [-0.2, 0) is 0 Å². The van der Waals surface area contributed by atoms with Crippen molar-refractivity contribution in [3.63, 3.8) is 0 Å². The number of hydrogen-bond acceptors (Lipinski definition) is 2. The highest BCUT2D eigenvalue weighted by Crippen LogP contribution is 2.50. The SMILES string of the molecule is C=C(c1ccc(C)cc1)C1(O)C/C1=C/N. The molecule has 1 unspecified atom stereocenters. The fourth-order valence-electron chi connectivity index (χ4n) is 1.72. The summed E-state index contributed by atoms with van der Waals surface area (Å²) in [5.74, 6) is 0. The third-order valence-electron chi connectivity index (χ3n) is 2.95. The summed E-state index contributed by atoms with van der Waals surface area (Å²) in [6.45, 7) is 5.97. The molecule has 1 aliphatic carbocycles. The number of nitrogens with two attached hydrogens (primary N) is 1. The van der Waals surface area contributed by atoms with Crippen LogP contribution in [0.1, 0.15) is 17.5 Å². The summed E-state index contributed by atoms with van der Waals surface area (Å²) in [6.07, 6.45) is 2.08. The summed E-state index contributed by atoms with van der Waals surface area (Å²) in [4.78, 5) is 0. The number of hydrogen-bond donors (Lipinski definition) is 2. The molecule has 0 radical (unpaired) electrons. The van der Waals surface area contributed by atoms with Crippen LogP contribution in [0, 0.1) is 6.92 Å². The van der Waals surface area contributed by atoms with E-state index in [2.05, 4.69) is 6.58 Å². The van der Waals surface area contributed by atoms with E-state index in [9.17, 15) is 5.11 Å². The van der Waals surface area contributed by atoms with Gasteiger partial charge in [-0.2, -0.15) is 0 Å². The van der Waals surface area contributed by atoms with Crippen molar-refractivity contribution in [3.05, 3.63) is 53.7 Å². The van der Waals surface area contributed by atoms with Crippen molar-refractivity contribution in [1.82, 2.24) is 0 Å². The molecule has 1 aromatic carbocycles. The Bertz CT molecular complexity index is 430. The van der Waals surface area contributed by atoms with E-state index in [1.807, 2.05) is 31.2 Å². The summed E-state index contributed by atoms with van der Waals surface area (Å²) < 4.78 is 0. The van der Waals surface area contributed by atoms with Crippen LogP contribution in [0.15, 0.2) is 42.6 Å². The Morgan fingerprint density at radius 3 is 2.53 bits per heavy atom. The largest absolute Gasteiger partial charge is 0.405 e. The zero-order chi connectivity index (χ0) is 11.1. The molecule has 2 rings (SSSR count). The molecular formula is C13H15NO. The topological polar surface area (TPSA) is 46.2 Å². The van der Waals surface area contributed by atoms with Crippen LogP contribution >= 0.6 is 0 Å². The van der Waals surface area contributed by atoms with Gasteiger partial charge >= 0.3 is 0 Å². The maximum atomic E-state index is 10.1. The lowest BCUT2D eigenvalue weighted by Gasteiger charge is -2.11. The van der Waals surface area contributed by atoms with Crippen LogP contribution < -0.4 is 5.73 Å². The monoisotopic (exact) mass is 201 g/mol. The second-order valence-corrected chi connectivity index (χ2v) is 4.07. The molecule has 2 nitrogen and oxygen atoms in total. The van der Waals surface area contributed by atoms with E-state index < -0.39 is 5.60 Å². The third-order valence-corrected chi connectivity index (χ3v) is 2.95. The highest BCUT2D eigenvalue weighted by molar-refractivity contribution is 5.79. The van der Waals surface area contributed by atoms with E-state index in [0.717, 1.165) is 16.7 Å². The lowest BCUT2D eigenvalue weighted by molar-refractivity contribution is 0.226. The summed E-state index contributed by atoms with van der Waals surface area (Å²) in [7, 11) is 0. The van der Waals surface area contributed by atoms with Crippen molar-refractivity contribution in [2.75, 3.05) is 0 Å². The van der Waals surface area contributed by atoms with Crippen LogP contribution in [-0.4, -0.2) is 10.7 Å². The molecule has 3 N–H and O–H groups in total. The molecule has 1 aromatic rings. The molecule has 2 heteroatoms. The van der Waals surface area contributed by atoms with Crippen LogP contribution in [0.4, 0.5) is 0 Å². The Hall–Kier alpha value is -1.54. The van der Waals surface area contributed by atoms with Gasteiger partial charge in [0.2, 0.25) is 0 Å². The van der Waals surface area contributed by atoms with E-state index in [0.29, 0.717) is 6.42 Å². The molecule has 1 aliphatic rings. The minimum absolute atomic E-state index is 0.607. The maximum Gasteiger partial charge on any atom is 0.116 e. The molecule has 0 aromatic heterocycles. The molecule has 0 amide bonds. The average molecular weight is 201 g/mol. The number of benzene rings is 1. The normalized spacial score (nSPS) is 26.7. The Kier molecular flexibility index (Phi) is 2.16. The molecule has 0 saturated heterocycles. The van der Waals surface area contributed by atoms with Crippen LogP contribution in [0.3, 0.4) is 0 Å². The minimum Gasteiger partial charge on any atom is -0.405 e. The molecule has 0 heterocycles. The Morgan fingerprint density at radius 1 is 1.47 bits per heavy atom. The van der Waals surface area contributed by atoms with Crippen LogP contribution in [0.25, 0.3) is 5.57 Å². The van der Waals surface area contributed by atoms with Crippen molar-refractivity contribution in [2.24, 2.45) is 5.73 Å². The van der Waals surface area contributed by atoms with E-state index >= 15 is 0 Å². The van der Waals surface area contributed by atoms with E-state index in [-0.39, 0.29) is 0 Å². The summed E-state index contributed by atoms with van der Waals surface area (Å²) in [5.41, 5.74) is 8.26. The van der Waals surface area contributed by atoms with E-state index in [4.69, 9.17) is 5.73 Å². The van der Waals surface area contributed by atoms with Gasteiger partial charge in [0.1, 0.15) is 5.60 Å².